The molecule has 5 rings (SSSR count). The molecule has 3 aromatic heterocycles. The standard InChI is InChI=1S/C27H35N7O2/c1-5-20-23(16(4)32-33-20)19-10-11-22(28-14-19)30-27(36)25(24(17-6-7-17)18-8-9-18)31-26(35)21-12-13-29-34(21)15(2)3/h10-15,17-18,24-25H,5-9H2,1-4H3,(H,31,35)(H,32,33)(H,28,30,36). The first-order chi connectivity index (χ1) is 17.4. The van der Waals surface area contributed by atoms with Crippen LogP contribution in [0.4, 0.5) is 5.82 Å². The summed E-state index contributed by atoms with van der Waals surface area (Å²) in [6.45, 7) is 8.01. The predicted molar refractivity (Wildman–Crippen MR) is 137 cm³/mol. The van der Waals surface area contributed by atoms with Crippen LogP contribution in [0.25, 0.3) is 11.1 Å². The number of anilines is 1. The van der Waals surface area contributed by atoms with Gasteiger partial charge in [0.1, 0.15) is 17.6 Å². The summed E-state index contributed by atoms with van der Waals surface area (Å²) in [6.07, 6.45) is 8.68. The number of amides is 2. The van der Waals surface area contributed by atoms with E-state index < -0.39 is 6.04 Å². The maximum atomic E-state index is 13.6. The van der Waals surface area contributed by atoms with E-state index >= 15 is 0 Å². The first-order valence-electron chi connectivity index (χ1n) is 13.0. The van der Waals surface area contributed by atoms with Gasteiger partial charge in [0.05, 0.1) is 5.69 Å². The Morgan fingerprint density at radius 1 is 1.14 bits per heavy atom. The molecule has 0 saturated heterocycles. The second-order valence-electron chi connectivity index (χ2n) is 10.4. The number of nitrogens with zero attached hydrogens (tertiary/aromatic N) is 4. The van der Waals surface area contributed by atoms with Crippen LogP contribution in [0.5, 0.6) is 0 Å². The normalized spacial score (nSPS) is 16.4. The van der Waals surface area contributed by atoms with Crippen LogP contribution >= 0.6 is 0 Å². The lowest BCUT2D eigenvalue weighted by molar-refractivity contribution is -0.119. The Labute approximate surface area is 211 Å². The molecule has 36 heavy (non-hydrogen) atoms. The Kier molecular flexibility index (Phi) is 6.64. The number of carbonyl (C=O) groups is 2. The molecule has 2 amide bonds. The molecule has 9 heteroatoms. The lowest BCUT2D eigenvalue weighted by atomic mass is 9.88. The molecule has 2 fully saturated rings. The van der Waals surface area contributed by atoms with Crippen LogP contribution in [0.3, 0.4) is 0 Å². The molecular weight excluding hydrogens is 454 g/mol. The van der Waals surface area contributed by atoms with Gasteiger partial charge in [0.25, 0.3) is 5.91 Å². The van der Waals surface area contributed by atoms with Gasteiger partial charge < -0.3 is 10.6 Å². The van der Waals surface area contributed by atoms with E-state index in [4.69, 9.17) is 0 Å². The van der Waals surface area contributed by atoms with Crippen LogP contribution in [-0.4, -0.2) is 42.8 Å². The van der Waals surface area contributed by atoms with E-state index in [2.05, 4.69) is 37.8 Å². The minimum Gasteiger partial charge on any atom is -0.339 e. The highest BCUT2D eigenvalue weighted by Crippen LogP contribution is 2.51. The predicted octanol–water partition coefficient (Wildman–Crippen LogP) is 4.29. The third kappa shape index (κ3) is 4.92. The van der Waals surface area contributed by atoms with Gasteiger partial charge in [0.15, 0.2) is 0 Å². The van der Waals surface area contributed by atoms with Crippen molar-refractivity contribution >= 4 is 17.6 Å². The summed E-state index contributed by atoms with van der Waals surface area (Å²) >= 11 is 0. The molecule has 0 bridgehead atoms. The number of aromatic nitrogens is 5. The van der Waals surface area contributed by atoms with E-state index in [-0.39, 0.29) is 23.8 Å². The molecular formula is C27H35N7O2. The highest BCUT2D eigenvalue weighted by molar-refractivity contribution is 6.00. The van der Waals surface area contributed by atoms with Crippen molar-refractivity contribution in [1.82, 2.24) is 30.3 Å². The van der Waals surface area contributed by atoms with E-state index in [1.807, 2.05) is 32.9 Å². The number of carbonyl (C=O) groups excluding carboxylic acids is 2. The molecule has 3 N–H and O–H groups in total. The molecule has 1 unspecified atom stereocenters. The molecule has 3 heterocycles. The molecule has 2 saturated carbocycles. The molecule has 190 valence electrons. The summed E-state index contributed by atoms with van der Waals surface area (Å²) in [4.78, 5) is 31.4. The van der Waals surface area contributed by atoms with Crippen molar-refractivity contribution in [3.05, 3.63) is 47.7 Å². The molecule has 2 aliphatic carbocycles. The van der Waals surface area contributed by atoms with Gasteiger partial charge in [-0.1, -0.05) is 6.92 Å². The van der Waals surface area contributed by atoms with Crippen molar-refractivity contribution in [3.63, 3.8) is 0 Å². The maximum Gasteiger partial charge on any atom is 0.270 e. The average molecular weight is 490 g/mol. The molecule has 1 atom stereocenters. The fraction of sp³-hybridized carbons (Fsp3) is 0.519. The zero-order chi connectivity index (χ0) is 25.4. The van der Waals surface area contributed by atoms with Crippen molar-refractivity contribution in [2.75, 3.05) is 5.32 Å². The Bertz CT molecular complexity index is 1220. The van der Waals surface area contributed by atoms with Crippen LogP contribution in [0.1, 0.15) is 74.4 Å². The van der Waals surface area contributed by atoms with Crippen LogP contribution in [0.15, 0.2) is 30.6 Å². The van der Waals surface area contributed by atoms with Gasteiger partial charge in [-0.2, -0.15) is 10.2 Å². The van der Waals surface area contributed by atoms with Gasteiger partial charge in [0.2, 0.25) is 5.91 Å². The Morgan fingerprint density at radius 2 is 1.86 bits per heavy atom. The lowest BCUT2D eigenvalue weighted by Crippen LogP contribution is -2.50. The quantitative estimate of drug-likeness (QED) is 0.393. The van der Waals surface area contributed by atoms with Gasteiger partial charge in [-0.25, -0.2) is 4.98 Å². The van der Waals surface area contributed by atoms with Crippen molar-refractivity contribution in [2.24, 2.45) is 17.8 Å². The van der Waals surface area contributed by atoms with Crippen molar-refractivity contribution in [3.8, 4) is 11.1 Å². The van der Waals surface area contributed by atoms with Crippen molar-refractivity contribution in [2.45, 2.75) is 71.9 Å². The highest BCUT2D eigenvalue weighted by atomic mass is 16.2. The lowest BCUT2D eigenvalue weighted by Gasteiger charge is -2.27. The zero-order valence-electron chi connectivity index (χ0n) is 21.4. The van der Waals surface area contributed by atoms with Gasteiger partial charge in [-0.05, 0) is 88.8 Å². The molecule has 2 aliphatic rings. The average Bonchev–Trinajstić information content (AvgIpc) is 3.79. The smallest absolute Gasteiger partial charge is 0.270 e. The number of hydrogen-bond acceptors (Lipinski definition) is 5. The number of hydrogen-bond donors (Lipinski definition) is 3. The van der Waals surface area contributed by atoms with Gasteiger partial charge in [-0.3, -0.25) is 19.4 Å². The molecule has 3 aromatic rings. The SMILES string of the molecule is CCc1[nH]nc(C)c1-c1ccc(NC(=O)C(NC(=O)c2ccnn2C(C)C)C(C2CC2)C2CC2)nc1. The summed E-state index contributed by atoms with van der Waals surface area (Å²) in [5.41, 5.74) is 4.46. The fourth-order valence-electron chi connectivity index (χ4n) is 5.29. The van der Waals surface area contributed by atoms with E-state index in [1.54, 1.807) is 23.1 Å². The first-order valence-corrected chi connectivity index (χ1v) is 13.0. The molecule has 0 radical (unpaired) electrons. The largest absolute Gasteiger partial charge is 0.339 e. The fourth-order valence-corrected chi connectivity index (χ4v) is 5.29. The summed E-state index contributed by atoms with van der Waals surface area (Å²) < 4.78 is 1.69. The number of aromatic amines is 1. The van der Waals surface area contributed by atoms with Crippen LogP contribution in [-0.2, 0) is 11.2 Å². The van der Waals surface area contributed by atoms with Gasteiger partial charge in [0, 0.05) is 35.3 Å². The minimum atomic E-state index is -0.614. The zero-order valence-corrected chi connectivity index (χ0v) is 21.4. The van der Waals surface area contributed by atoms with E-state index in [0.29, 0.717) is 23.3 Å². The summed E-state index contributed by atoms with van der Waals surface area (Å²) in [5, 5.41) is 17.7. The van der Waals surface area contributed by atoms with Gasteiger partial charge in [-0.15, -0.1) is 0 Å². The second-order valence-corrected chi connectivity index (χ2v) is 10.4. The number of H-pyrrole nitrogens is 1. The molecule has 0 aliphatic heterocycles. The second kappa shape index (κ2) is 9.87. The molecule has 9 nitrogen and oxygen atoms in total. The van der Waals surface area contributed by atoms with Gasteiger partial charge >= 0.3 is 0 Å². The molecule has 0 spiro atoms. The Balaban J connectivity index is 1.36. The topological polar surface area (TPSA) is 118 Å². The van der Waals surface area contributed by atoms with E-state index in [1.165, 1.54) is 0 Å². The minimum absolute atomic E-state index is 0.0468. The summed E-state index contributed by atoms with van der Waals surface area (Å²) in [7, 11) is 0. The molecule has 0 aromatic carbocycles. The van der Waals surface area contributed by atoms with Crippen molar-refractivity contribution in [1.29, 1.82) is 0 Å². The Hall–Kier alpha value is -3.49. The summed E-state index contributed by atoms with van der Waals surface area (Å²) in [5.74, 6) is 1.10. The van der Waals surface area contributed by atoms with Crippen LogP contribution < -0.4 is 10.6 Å². The van der Waals surface area contributed by atoms with Crippen molar-refractivity contribution < 1.29 is 9.59 Å². The highest BCUT2D eigenvalue weighted by Gasteiger charge is 2.48. The van der Waals surface area contributed by atoms with Crippen LogP contribution in [0, 0.1) is 24.7 Å². The Morgan fingerprint density at radius 3 is 2.44 bits per heavy atom. The third-order valence-electron chi connectivity index (χ3n) is 7.36. The number of nitrogens with one attached hydrogen (secondary N) is 3. The maximum absolute atomic E-state index is 13.6. The first kappa shape index (κ1) is 24.2. The third-order valence-corrected chi connectivity index (χ3v) is 7.36. The van der Waals surface area contributed by atoms with E-state index in [9.17, 15) is 9.59 Å². The monoisotopic (exact) mass is 489 g/mol. The van der Waals surface area contributed by atoms with Crippen LogP contribution in [0.2, 0.25) is 0 Å². The number of rotatable bonds is 10. The number of aryl methyl sites for hydroxylation is 2. The number of pyridine rings is 1. The van der Waals surface area contributed by atoms with E-state index in [0.717, 1.165) is 54.6 Å². The summed E-state index contributed by atoms with van der Waals surface area (Å²) in [6, 6.07) is 4.90.